The van der Waals surface area contributed by atoms with Crippen molar-refractivity contribution < 1.29 is 19.5 Å². The van der Waals surface area contributed by atoms with E-state index in [1.54, 1.807) is 23.1 Å². The molecule has 39 heavy (non-hydrogen) atoms. The first kappa shape index (κ1) is 26.2. The van der Waals surface area contributed by atoms with Crippen LogP contribution in [0.25, 0.3) is 10.9 Å². The van der Waals surface area contributed by atoms with Crippen LogP contribution in [0.15, 0.2) is 24.3 Å². The number of amides is 3. The molecule has 1 aromatic carbocycles. The summed E-state index contributed by atoms with van der Waals surface area (Å²) in [5.74, 6) is -0.863. The normalized spacial score (nSPS) is 23.8. The number of aliphatic hydroxyl groups is 1. The summed E-state index contributed by atoms with van der Waals surface area (Å²) in [5, 5.41) is 17.7. The molecule has 206 valence electrons. The highest BCUT2D eigenvalue weighted by molar-refractivity contribution is 7.13. The molecule has 12 heteroatoms. The first-order valence-corrected chi connectivity index (χ1v) is 14.5. The quantitative estimate of drug-likeness (QED) is 0.372. The molecule has 0 bridgehead atoms. The minimum Gasteiger partial charge on any atom is -0.389 e. The van der Waals surface area contributed by atoms with Crippen molar-refractivity contribution in [3.8, 4) is 0 Å². The maximum atomic E-state index is 13.3. The van der Waals surface area contributed by atoms with Crippen LogP contribution in [0.3, 0.4) is 0 Å². The Morgan fingerprint density at radius 2 is 1.92 bits per heavy atom. The van der Waals surface area contributed by atoms with E-state index >= 15 is 0 Å². The zero-order valence-electron chi connectivity index (χ0n) is 21.6. The highest BCUT2D eigenvalue weighted by atomic mass is 35.5. The Bertz CT molecular complexity index is 1430. The van der Waals surface area contributed by atoms with Crippen LogP contribution in [0.2, 0.25) is 5.02 Å². The summed E-state index contributed by atoms with van der Waals surface area (Å²) in [6, 6.07) is 6.33. The predicted molar refractivity (Wildman–Crippen MR) is 148 cm³/mol. The van der Waals surface area contributed by atoms with Crippen LogP contribution >= 0.6 is 22.9 Å². The summed E-state index contributed by atoms with van der Waals surface area (Å²) >= 11 is 7.50. The first-order chi connectivity index (χ1) is 18.7. The number of nitrogens with one attached hydrogen (secondary N) is 3. The number of aromatic nitrogens is 2. The van der Waals surface area contributed by atoms with E-state index < -0.39 is 12.1 Å². The van der Waals surface area contributed by atoms with Crippen LogP contribution in [0.1, 0.15) is 50.1 Å². The smallest absolute Gasteiger partial charge is 0.280 e. The van der Waals surface area contributed by atoms with E-state index in [1.807, 2.05) is 13.1 Å². The van der Waals surface area contributed by atoms with Crippen molar-refractivity contribution >= 4 is 51.6 Å². The number of H-pyrrole nitrogens is 1. The van der Waals surface area contributed by atoms with Crippen LogP contribution in [0.4, 0.5) is 0 Å². The van der Waals surface area contributed by atoms with Crippen molar-refractivity contribution in [1.82, 2.24) is 30.4 Å². The Hall–Kier alpha value is -2.99. The van der Waals surface area contributed by atoms with Gasteiger partial charge in [0.25, 0.3) is 11.8 Å². The number of carbonyl (C=O) groups excluding carboxylic acids is 3. The lowest BCUT2D eigenvalue weighted by molar-refractivity contribution is -0.147. The molecule has 3 aromatic rings. The van der Waals surface area contributed by atoms with Crippen molar-refractivity contribution in [3.63, 3.8) is 0 Å². The maximum absolute atomic E-state index is 13.3. The number of likely N-dealkylation sites (N-methyl/N-ethyl adjacent to an activating group) is 1. The highest BCUT2D eigenvalue weighted by Gasteiger charge is 2.40. The summed E-state index contributed by atoms with van der Waals surface area (Å²) in [7, 11) is 2.05. The third kappa shape index (κ3) is 5.41. The summed E-state index contributed by atoms with van der Waals surface area (Å²) in [6.07, 6.45) is 1.86. The molecular formula is C27H31ClN6O4S. The molecule has 1 saturated carbocycles. The van der Waals surface area contributed by atoms with Crippen molar-refractivity contribution in [2.24, 2.45) is 5.92 Å². The van der Waals surface area contributed by atoms with E-state index in [0.717, 1.165) is 41.0 Å². The lowest BCUT2D eigenvalue weighted by Crippen LogP contribution is -2.59. The van der Waals surface area contributed by atoms with E-state index in [9.17, 15) is 19.5 Å². The second-order valence-electron chi connectivity index (χ2n) is 10.9. The maximum Gasteiger partial charge on any atom is 0.280 e. The second kappa shape index (κ2) is 10.5. The summed E-state index contributed by atoms with van der Waals surface area (Å²) in [6.45, 7) is 2.37. The topological polar surface area (TPSA) is 131 Å². The molecule has 0 radical (unpaired) electrons. The average molecular weight is 571 g/mol. The number of thiazole rings is 1. The molecule has 3 aliphatic rings. The molecule has 2 aromatic heterocycles. The minimum atomic E-state index is -0.471. The zero-order valence-corrected chi connectivity index (χ0v) is 23.1. The van der Waals surface area contributed by atoms with Crippen LogP contribution in [-0.2, 0) is 17.8 Å². The number of rotatable bonds is 5. The molecule has 0 unspecified atom stereocenters. The lowest BCUT2D eigenvalue weighted by atomic mass is 9.80. The molecule has 10 nitrogen and oxygen atoms in total. The molecule has 4 heterocycles. The fraction of sp³-hybridized carbons (Fsp3) is 0.481. The van der Waals surface area contributed by atoms with Gasteiger partial charge in [0, 0.05) is 65.4 Å². The molecule has 6 rings (SSSR count). The van der Waals surface area contributed by atoms with E-state index in [2.05, 4.69) is 25.5 Å². The Morgan fingerprint density at radius 1 is 1.13 bits per heavy atom. The summed E-state index contributed by atoms with van der Waals surface area (Å²) in [5.41, 5.74) is 2.18. The lowest BCUT2D eigenvalue weighted by Gasteiger charge is -2.42. The van der Waals surface area contributed by atoms with Crippen LogP contribution in [0, 0.1) is 5.92 Å². The van der Waals surface area contributed by atoms with E-state index in [0.29, 0.717) is 48.1 Å². The Balaban J connectivity index is 1.19. The van der Waals surface area contributed by atoms with Gasteiger partial charge in [0.15, 0.2) is 5.01 Å². The monoisotopic (exact) mass is 570 g/mol. The zero-order chi connectivity index (χ0) is 27.3. The van der Waals surface area contributed by atoms with Gasteiger partial charge in [-0.05, 0) is 50.6 Å². The number of fused-ring (bicyclic) bond motifs is 2. The molecule has 0 spiro atoms. The Labute approximate surface area is 234 Å². The number of β-amino-alcohol motifs (C(OH)–C–C–N with tert-alkyl or cyclic N) is 1. The number of carbonyl (C=O) groups is 3. The molecule has 3 atom stereocenters. The number of halogens is 1. The molecule has 4 N–H and O–H groups in total. The fourth-order valence-corrected chi connectivity index (χ4v) is 7.01. The average Bonchev–Trinajstić information content (AvgIpc) is 3.51. The number of nitrogens with zero attached hydrogens (tertiary/aromatic N) is 3. The molecule has 2 aliphatic heterocycles. The van der Waals surface area contributed by atoms with Gasteiger partial charge in [-0.25, -0.2) is 4.98 Å². The van der Waals surface area contributed by atoms with Gasteiger partial charge < -0.3 is 30.5 Å². The third-order valence-electron chi connectivity index (χ3n) is 7.95. The SMILES string of the molecule is CN1CCc2nc(C(=O)N[C@@H]3C[C@@H](C(=O)N4CC(O)C4)CC[C@@H]3NC(=O)c3cc4cc(Cl)ccc4[nH]3)sc2C1. The van der Waals surface area contributed by atoms with Gasteiger partial charge in [-0.3, -0.25) is 14.4 Å². The van der Waals surface area contributed by atoms with Gasteiger partial charge in [-0.15, -0.1) is 11.3 Å². The number of likely N-dealkylation sites (tertiary alicyclic amines) is 1. The molecule has 1 saturated heterocycles. The van der Waals surface area contributed by atoms with Crippen molar-refractivity contribution in [1.29, 1.82) is 0 Å². The van der Waals surface area contributed by atoms with Crippen LogP contribution in [-0.4, -0.2) is 87.5 Å². The van der Waals surface area contributed by atoms with Gasteiger partial charge >= 0.3 is 0 Å². The highest BCUT2D eigenvalue weighted by Crippen LogP contribution is 2.30. The van der Waals surface area contributed by atoms with Gasteiger partial charge in [0.05, 0.1) is 17.8 Å². The minimum absolute atomic E-state index is 0.00966. The number of benzene rings is 1. The van der Waals surface area contributed by atoms with Gasteiger partial charge in [-0.1, -0.05) is 11.6 Å². The van der Waals surface area contributed by atoms with E-state index in [-0.39, 0.29) is 29.7 Å². The number of hydrogen-bond donors (Lipinski definition) is 4. The fourth-order valence-electron chi connectivity index (χ4n) is 5.74. The van der Waals surface area contributed by atoms with Crippen molar-refractivity contribution in [2.75, 3.05) is 26.7 Å². The molecule has 1 aliphatic carbocycles. The molecule has 2 fully saturated rings. The molecule has 3 amide bonds. The number of hydrogen-bond acceptors (Lipinski definition) is 7. The molecular weight excluding hydrogens is 540 g/mol. The summed E-state index contributed by atoms with van der Waals surface area (Å²) in [4.78, 5) is 52.3. The van der Waals surface area contributed by atoms with Crippen LogP contribution in [0.5, 0.6) is 0 Å². The van der Waals surface area contributed by atoms with E-state index in [1.165, 1.54) is 11.3 Å². The van der Waals surface area contributed by atoms with Crippen LogP contribution < -0.4 is 10.6 Å². The Morgan fingerprint density at radius 3 is 2.72 bits per heavy atom. The van der Waals surface area contributed by atoms with Gasteiger partial charge in [-0.2, -0.15) is 0 Å². The van der Waals surface area contributed by atoms with Crippen molar-refractivity contribution in [3.05, 3.63) is 50.6 Å². The van der Waals surface area contributed by atoms with E-state index in [4.69, 9.17) is 11.6 Å². The third-order valence-corrected chi connectivity index (χ3v) is 9.27. The number of aromatic amines is 1. The summed E-state index contributed by atoms with van der Waals surface area (Å²) < 4.78 is 0. The Kier molecular flexibility index (Phi) is 7.09. The first-order valence-electron chi connectivity index (χ1n) is 13.3. The number of aliphatic hydroxyl groups excluding tert-OH is 1. The predicted octanol–water partition coefficient (Wildman–Crippen LogP) is 2.17. The second-order valence-corrected chi connectivity index (χ2v) is 12.4. The van der Waals surface area contributed by atoms with Gasteiger partial charge in [0.1, 0.15) is 5.69 Å². The standard InChI is InChI=1S/C27H31ClN6O4S/c1-33-7-6-20-23(13-33)39-26(32-20)25(37)31-21-9-14(27(38)34-11-17(35)12-34)2-4-19(21)30-24(36)22-10-15-8-16(28)3-5-18(15)29-22/h3,5,8,10,14,17,19,21,29,35H,2,4,6-7,9,11-13H2,1H3,(H,30,36)(H,31,37)/t14-,19-,21+/m0/s1. The van der Waals surface area contributed by atoms with Crippen molar-refractivity contribution in [2.45, 2.75) is 50.4 Å². The van der Waals surface area contributed by atoms with Gasteiger partial charge in [0.2, 0.25) is 5.91 Å². The largest absolute Gasteiger partial charge is 0.389 e.